The average Bonchev–Trinajstić information content (AvgIpc) is 3.21. The molecular formula is C24H38N6O4S. The molecule has 2 amide bonds. The maximum atomic E-state index is 13.4. The molecular weight excluding hydrogens is 468 g/mol. The van der Waals surface area contributed by atoms with Gasteiger partial charge in [0.05, 0.1) is 16.7 Å². The number of ether oxygens (including phenoxy) is 1. The number of anilines is 1. The lowest BCUT2D eigenvalue weighted by Gasteiger charge is -2.36. The number of carbonyl (C=O) groups is 1. The fourth-order valence-corrected chi connectivity index (χ4v) is 6.20. The summed E-state index contributed by atoms with van der Waals surface area (Å²) in [6, 6.07) is 5.52. The van der Waals surface area contributed by atoms with Crippen LogP contribution < -0.4 is 9.62 Å². The molecule has 0 unspecified atom stereocenters. The Morgan fingerprint density at radius 2 is 1.83 bits per heavy atom. The quantitative estimate of drug-likeness (QED) is 0.671. The molecule has 0 radical (unpaired) electrons. The molecule has 0 bridgehead atoms. The summed E-state index contributed by atoms with van der Waals surface area (Å²) < 4.78 is 37.3. The molecule has 2 fully saturated rings. The number of aromatic nitrogens is 2. The van der Waals surface area contributed by atoms with E-state index in [2.05, 4.69) is 30.7 Å². The largest absolute Gasteiger partial charge is 0.381 e. The molecule has 1 N–H and O–H groups in total. The van der Waals surface area contributed by atoms with E-state index in [-0.39, 0.29) is 24.5 Å². The third-order valence-corrected chi connectivity index (χ3v) is 8.88. The summed E-state index contributed by atoms with van der Waals surface area (Å²) in [7, 11) is -0.585. The number of carbonyl (C=O) groups excluding carboxylic acids is 1. The third kappa shape index (κ3) is 5.26. The van der Waals surface area contributed by atoms with Crippen molar-refractivity contribution in [3.05, 3.63) is 24.0 Å². The molecule has 2 aliphatic rings. The Bertz CT molecular complexity index is 1160. The van der Waals surface area contributed by atoms with Gasteiger partial charge in [-0.3, -0.25) is 4.31 Å². The van der Waals surface area contributed by atoms with E-state index in [0.29, 0.717) is 24.7 Å². The van der Waals surface area contributed by atoms with Crippen molar-refractivity contribution in [2.75, 3.05) is 57.8 Å². The first-order chi connectivity index (χ1) is 16.5. The molecule has 2 aromatic rings. The summed E-state index contributed by atoms with van der Waals surface area (Å²) in [6.45, 7) is 10.2. The number of urea groups is 1. The van der Waals surface area contributed by atoms with Gasteiger partial charge in [-0.25, -0.2) is 9.78 Å². The van der Waals surface area contributed by atoms with Crippen molar-refractivity contribution in [3.8, 4) is 0 Å². The molecule has 2 aliphatic heterocycles. The Kier molecular flexibility index (Phi) is 7.31. The molecule has 35 heavy (non-hydrogen) atoms. The second-order valence-electron chi connectivity index (χ2n) is 10.4. The lowest BCUT2D eigenvalue weighted by atomic mass is 9.94. The standard InChI is InChI=1S/C24H38N6O4S/c1-24(2,3)22-26-20-16-19(6-7-21(20)30(22)17-18-8-14-34-15-9-18)27(5)35(32,33)29-12-10-28(11-13-29)23(31)25-4/h6-7,16,18H,8-15,17H2,1-5H3,(H,25,31). The second-order valence-corrected chi connectivity index (χ2v) is 12.4. The first-order valence-electron chi connectivity index (χ1n) is 12.3. The maximum absolute atomic E-state index is 13.4. The average molecular weight is 507 g/mol. The van der Waals surface area contributed by atoms with E-state index in [0.717, 1.165) is 49.5 Å². The van der Waals surface area contributed by atoms with E-state index in [9.17, 15) is 13.2 Å². The molecule has 2 saturated heterocycles. The fraction of sp³-hybridized carbons (Fsp3) is 0.667. The number of piperazine rings is 1. The van der Waals surface area contributed by atoms with Crippen molar-refractivity contribution >= 4 is 33.0 Å². The predicted octanol–water partition coefficient (Wildman–Crippen LogP) is 2.40. The van der Waals surface area contributed by atoms with E-state index in [4.69, 9.17) is 9.72 Å². The smallest absolute Gasteiger partial charge is 0.317 e. The summed E-state index contributed by atoms with van der Waals surface area (Å²) in [5.41, 5.74) is 2.25. The third-order valence-electron chi connectivity index (χ3n) is 6.96. The molecule has 194 valence electrons. The van der Waals surface area contributed by atoms with Gasteiger partial charge in [-0.2, -0.15) is 12.7 Å². The number of hydrogen-bond donors (Lipinski definition) is 1. The zero-order chi connectivity index (χ0) is 25.4. The van der Waals surface area contributed by atoms with Crippen molar-refractivity contribution in [1.29, 1.82) is 0 Å². The summed E-state index contributed by atoms with van der Waals surface area (Å²) in [6.07, 6.45) is 2.07. The van der Waals surface area contributed by atoms with E-state index in [1.165, 1.54) is 8.61 Å². The van der Waals surface area contributed by atoms with Crippen LogP contribution in [0.2, 0.25) is 0 Å². The number of fused-ring (bicyclic) bond motifs is 1. The lowest BCUT2D eigenvalue weighted by molar-refractivity contribution is 0.0611. The molecule has 11 heteroatoms. The Morgan fingerprint density at radius 1 is 1.17 bits per heavy atom. The minimum atomic E-state index is -3.73. The molecule has 0 saturated carbocycles. The van der Waals surface area contributed by atoms with Crippen LogP contribution in [0.25, 0.3) is 11.0 Å². The number of nitrogens with one attached hydrogen (secondary N) is 1. The Hall–Kier alpha value is -2.37. The van der Waals surface area contributed by atoms with Crippen molar-refractivity contribution in [2.24, 2.45) is 5.92 Å². The molecule has 4 rings (SSSR count). The monoisotopic (exact) mass is 506 g/mol. The SMILES string of the molecule is CNC(=O)N1CCN(S(=O)(=O)N(C)c2ccc3c(c2)nc(C(C)(C)C)n3CC2CCOCC2)CC1. The molecule has 0 aliphatic carbocycles. The number of hydrogen-bond acceptors (Lipinski definition) is 5. The molecule has 1 aromatic carbocycles. The van der Waals surface area contributed by atoms with Crippen molar-refractivity contribution in [2.45, 2.75) is 45.6 Å². The molecule has 10 nitrogen and oxygen atoms in total. The van der Waals surface area contributed by atoms with Gasteiger partial charge in [0.25, 0.3) is 0 Å². The number of rotatable bonds is 5. The lowest BCUT2D eigenvalue weighted by Crippen LogP contribution is -2.55. The van der Waals surface area contributed by atoms with Crippen molar-refractivity contribution in [1.82, 2.24) is 24.1 Å². The summed E-state index contributed by atoms with van der Waals surface area (Å²) in [5.74, 6) is 1.55. The predicted molar refractivity (Wildman–Crippen MR) is 137 cm³/mol. The highest BCUT2D eigenvalue weighted by molar-refractivity contribution is 7.90. The summed E-state index contributed by atoms with van der Waals surface area (Å²) in [4.78, 5) is 18.4. The van der Waals surface area contributed by atoms with Crippen molar-refractivity contribution in [3.63, 3.8) is 0 Å². The van der Waals surface area contributed by atoms with Crippen LogP contribution in [0, 0.1) is 5.92 Å². The highest BCUT2D eigenvalue weighted by Crippen LogP contribution is 2.32. The van der Waals surface area contributed by atoms with Gasteiger partial charge in [0.15, 0.2) is 0 Å². The molecule has 0 spiro atoms. The van der Waals surface area contributed by atoms with Crippen LogP contribution in [-0.2, 0) is 26.9 Å². The molecule has 3 heterocycles. The Morgan fingerprint density at radius 3 is 2.43 bits per heavy atom. The van der Waals surface area contributed by atoms with Gasteiger partial charge in [-0.15, -0.1) is 0 Å². The summed E-state index contributed by atoms with van der Waals surface area (Å²) >= 11 is 0. The van der Waals surface area contributed by atoms with E-state index in [1.807, 2.05) is 18.2 Å². The fourth-order valence-electron chi connectivity index (χ4n) is 4.85. The van der Waals surface area contributed by atoms with E-state index in [1.54, 1.807) is 19.0 Å². The van der Waals surface area contributed by atoms with Gasteiger partial charge in [0.1, 0.15) is 5.82 Å². The van der Waals surface area contributed by atoms with Crippen molar-refractivity contribution < 1.29 is 17.9 Å². The highest BCUT2D eigenvalue weighted by atomic mass is 32.2. The first kappa shape index (κ1) is 25.7. The van der Waals surface area contributed by atoms with Crippen LogP contribution in [0.15, 0.2) is 18.2 Å². The zero-order valence-corrected chi connectivity index (χ0v) is 22.3. The van der Waals surface area contributed by atoms with Crippen LogP contribution in [0.3, 0.4) is 0 Å². The number of imidazole rings is 1. The Labute approximate surface area is 208 Å². The highest BCUT2D eigenvalue weighted by Gasteiger charge is 2.32. The topological polar surface area (TPSA) is 100 Å². The summed E-state index contributed by atoms with van der Waals surface area (Å²) in [5, 5.41) is 2.59. The molecule has 0 atom stereocenters. The Balaban J connectivity index is 1.59. The first-order valence-corrected chi connectivity index (χ1v) is 13.7. The van der Waals surface area contributed by atoms with Gasteiger partial charge in [-0.1, -0.05) is 20.8 Å². The van der Waals surface area contributed by atoms with Gasteiger partial charge >= 0.3 is 16.2 Å². The van der Waals surface area contributed by atoms with Crippen LogP contribution in [0.1, 0.15) is 39.4 Å². The van der Waals surface area contributed by atoms with E-state index >= 15 is 0 Å². The van der Waals surface area contributed by atoms with Gasteiger partial charge in [-0.05, 0) is 37.0 Å². The number of nitrogens with zero attached hydrogens (tertiary/aromatic N) is 5. The minimum Gasteiger partial charge on any atom is -0.381 e. The normalized spacial score (nSPS) is 18.7. The van der Waals surface area contributed by atoms with Crippen LogP contribution in [0.4, 0.5) is 10.5 Å². The van der Waals surface area contributed by atoms with Crippen LogP contribution in [0.5, 0.6) is 0 Å². The maximum Gasteiger partial charge on any atom is 0.317 e. The number of amides is 2. The number of benzene rings is 1. The minimum absolute atomic E-state index is 0.146. The zero-order valence-electron chi connectivity index (χ0n) is 21.5. The van der Waals surface area contributed by atoms with E-state index < -0.39 is 10.2 Å². The molecule has 1 aromatic heterocycles. The van der Waals surface area contributed by atoms with Gasteiger partial charge < -0.3 is 19.5 Å². The van der Waals surface area contributed by atoms with Gasteiger partial charge in [0, 0.05) is 65.4 Å². The van der Waals surface area contributed by atoms with Crippen LogP contribution >= 0.6 is 0 Å². The second kappa shape index (κ2) is 9.94. The van der Waals surface area contributed by atoms with Crippen LogP contribution in [-0.4, -0.2) is 86.7 Å². The van der Waals surface area contributed by atoms with Gasteiger partial charge in [0.2, 0.25) is 0 Å².